The molecule has 0 aliphatic heterocycles. The van der Waals surface area contributed by atoms with E-state index in [1.165, 1.54) is 19.3 Å². The molecule has 1 fully saturated rings. The van der Waals surface area contributed by atoms with Crippen molar-refractivity contribution >= 4 is 11.6 Å². The molecule has 0 spiro atoms. The standard InChI is InChI=1S/C22H28N2O/c1-16-9-8-14-20(17(16)2)23-15-22(25)24-21-13-7-6-12-19(21)18-10-4-3-5-11-18/h3-7,10-13,16-17,20,23H,8-9,14-15H2,1-2H3,(H,24,25)/t16-,17+,20+/m0/s1. The molecule has 0 unspecified atom stereocenters. The lowest BCUT2D eigenvalue weighted by molar-refractivity contribution is -0.115. The smallest absolute Gasteiger partial charge is 0.238 e. The van der Waals surface area contributed by atoms with Gasteiger partial charge in [0.25, 0.3) is 0 Å². The van der Waals surface area contributed by atoms with Gasteiger partial charge in [0.2, 0.25) is 5.91 Å². The van der Waals surface area contributed by atoms with Crippen LogP contribution in [0.15, 0.2) is 54.6 Å². The Kier molecular flexibility index (Phi) is 5.87. The van der Waals surface area contributed by atoms with E-state index >= 15 is 0 Å². The van der Waals surface area contributed by atoms with Gasteiger partial charge in [-0.3, -0.25) is 4.79 Å². The van der Waals surface area contributed by atoms with E-state index in [-0.39, 0.29) is 5.91 Å². The Morgan fingerprint density at radius 2 is 1.72 bits per heavy atom. The van der Waals surface area contributed by atoms with Crippen LogP contribution in [-0.4, -0.2) is 18.5 Å². The third kappa shape index (κ3) is 4.49. The van der Waals surface area contributed by atoms with Gasteiger partial charge in [0.05, 0.1) is 6.54 Å². The van der Waals surface area contributed by atoms with Crippen molar-refractivity contribution in [3.05, 3.63) is 54.6 Å². The highest BCUT2D eigenvalue weighted by Gasteiger charge is 2.26. The van der Waals surface area contributed by atoms with Crippen LogP contribution in [0.25, 0.3) is 11.1 Å². The molecule has 3 atom stereocenters. The molecule has 2 aromatic rings. The molecule has 2 aromatic carbocycles. The summed E-state index contributed by atoms with van der Waals surface area (Å²) in [7, 11) is 0. The summed E-state index contributed by atoms with van der Waals surface area (Å²) in [5.41, 5.74) is 3.03. The van der Waals surface area contributed by atoms with Crippen LogP contribution in [0, 0.1) is 11.8 Å². The van der Waals surface area contributed by atoms with Crippen LogP contribution in [0.2, 0.25) is 0 Å². The van der Waals surface area contributed by atoms with Gasteiger partial charge in [-0.2, -0.15) is 0 Å². The lowest BCUT2D eigenvalue weighted by atomic mass is 9.78. The zero-order valence-electron chi connectivity index (χ0n) is 15.2. The fraction of sp³-hybridized carbons (Fsp3) is 0.409. The van der Waals surface area contributed by atoms with E-state index in [0.29, 0.717) is 18.5 Å². The Balaban J connectivity index is 1.62. The van der Waals surface area contributed by atoms with Crippen molar-refractivity contribution in [2.75, 3.05) is 11.9 Å². The van der Waals surface area contributed by atoms with E-state index < -0.39 is 0 Å². The fourth-order valence-corrected chi connectivity index (χ4v) is 3.75. The van der Waals surface area contributed by atoms with E-state index in [1.807, 2.05) is 42.5 Å². The second kappa shape index (κ2) is 8.30. The first-order chi connectivity index (χ1) is 12.1. The zero-order chi connectivity index (χ0) is 17.6. The first-order valence-corrected chi connectivity index (χ1v) is 9.33. The topological polar surface area (TPSA) is 41.1 Å². The predicted octanol–water partition coefficient (Wildman–Crippen LogP) is 4.71. The van der Waals surface area contributed by atoms with Crippen molar-refractivity contribution < 1.29 is 4.79 Å². The maximum Gasteiger partial charge on any atom is 0.238 e. The molecule has 3 nitrogen and oxygen atoms in total. The molecule has 1 aliphatic carbocycles. The van der Waals surface area contributed by atoms with Crippen molar-refractivity contribution in [3.63, 3.8) is 0 Å². The fourth-order valence-electron chi connectivity index (χ4n) is 3.75. The molecule has 0 bridgehead atoms. The summed E-state index contributed by atoms with van der Waals surface area (Å²) in [4.78, 5) is 12.5. The molecule has 3 rings (SSSR count). The van der Waals surface area contributed by atoms with Gasteiger partial charge in [-0.1, -0.05) is 75.2 Å². The van der Waals surface area contributed by atoms with Gasteiger partial charge < -0.3 is 10.6 Å². The molecule has 0 heterocycles. The van der Waals surface area contributed by atoms with E-state index in [2.05, 4.69) is 36.6 Å². The molecule has 3 heteroatoms. The van der Waals surface area contributed by atoms with Crippen molar-refractivity contribution in [2.24, 2.45) is 11.8 Å². The highest BCUT2D eigenvalue weighted by atomic mass is 16.1. The van der Waals surface area contributed by atoms with E-state index in [4.69, 9.17) is 0 Å². The van der Waals surface area contributed by atoms with Gasteiger partial charge in [0.15, 0.2) is 0 Å². The van der Waals surface area contributed by atoms with Gasteiger partial charge in [0.1, 0.15) is 0 Å². The molecule has 0 radical (unpaired) electrons. The molecule has 1 amide bonds. The van der Waals surface area contributed by atoms with Crippen LogP contribution in [0.3, 0.4) is 0 Å². The summed E-state index contributed by atoms with van der Waals surface area (Å²) < 4.78 is 0. The van der Waals surface area contributed by atoms with Crippen LogP contribution in [0.5, 0.6) is 0 Å². The van der Waals surface area contributed by atoms with Gasteiger partial charge in [-0.05, 0) is 29.9 Å². The normalized spacial score (nSPS) is 23.2. The number of para-hydroxylation sites is 1. The summed E-state index contributed by atoms with van der Waals surface area (Å²) in [6.45, 7) is 4.98. The third-order valence-electron chi connectivity index (χ3n) is 5.52. The molecular formula is C22H28N2O. The number of hydrogen-bond donors (Lipinski definition) is 2. The zero-order valence-corrected chi connectivity index (χ0v) is 15.2. The number of anilines is 1. The van der Waals surface area contributed by atoms with Crippen molar-refractivity contribution in [1.82, 2.24) is 5.32 Å². The number of hydrogen-bond acceptors (Lipinski definition) is 2. The number of benzene rings is 2. The van der Waals surface area contributed by atoms with Gasteiger partial charge in [-0.25, -0.2) is 0 Å². The molecule has 1 aliphatic rings. The van der Waals surface area contributed by atoms with Crippen molar-refractivity contribution in [2.45, 2.75) is 39.2 Å². The van der Waals surface area contributed by atoms with Crippen LogP contribution >= 0.6 is 0 Å². The van der Waals surface area contributed by atoms with Gasteiger partial charge in [-0.15, -0.1) is 0 Å². The highest BCUT2D eigenvalue weighted by Crippen LogP contribution is 2.30. The number of nitrogens with one attached hydrogen (secondary N) is 2. The summed E-state index contributed by atoms with van der Waals surface area (Å²) >= 11 is 0. The molecule has 25 heavy (non-hydrogen) atoms. The minimum absolute atomic E-state index is 0.0220. The number of carbonyl (C=O) groups is 1. The molecule has 1 saturated carbocycles. The summed E-state index contributed by atoms with van der Waals surface area (Å²) in [5, 5.41) is 6.54. The molecule has 0 aromatic heterocycles. The second-order valence-corrected chi connectivity index (χ2v) is 7.21. The lowest BCUT2D eigenvalue weighted by Gasteiger charge is -2.34. The maximum absolute atomic E-state index is 12.5. The average molecular weight is 336 g/mol. The van der Waals surface area contributed by atoms with E-state index in [0.717, 1.165) is 22.7 Å². The lowest BCUT2D eigenvalue weighted by Crippen LogP contribution is -2.43. The third-order valence-corrected chi connectivity index (χ3v) is 5.52. The molecular weight excluding hydrogens is 308 g/mol. The number of amides is 1. The second-order valence-electron chi connectivity index (χ2n) is 7.21. The Labute approximate surface area is 150 Å². The maximum atomic E-state index is 12.5. The summed E-state index contributed by atoms with van der Waals surface area (Å²) in [5.74, 6) is 1.38. The van der Waals surface area contributed by atoms with Gasteiger partial charge in [0, 0.05) is 17.3 Å². The largest absolute Gasteiger partial charge is 0.324 e. The first kappa shape index (κ1) is 17.7. The number of rotatable bonds is 5. The highest BCUT2D eigenvalue weighted by molar-refractivity contribution is 5.96. The SMILES string of the molecule is C[C@@H]1[C@@H](C)CCC[C@H]1NCC(=O)Nc1ccccc1-c1ccccc1. The van der Waals surface area contributed by atoms with Crippen LogP contribution in [0.1, 0.15) is 33.1 Å². The number of carbonyl (C=O) groups excluding carboxylic acids is 1. The van der Waals surface area contributed by atoms with Crippen molar-refractivity contribution in [3.8, 4) is 11.1 Å². The summed E-state index contributed by atoms with van der Waals surface area (Å²) in [6, 6.07) is 18.6. The Morgan fingerprint density at radius 3 is 2.52 bits per heavy atom. The Bertz CT molecular complexity index is 698. The van der Waals surface area contributed by atoms with Crippen LogP contribution in [0.4, 0.5) is 5.69 Å². The van der Waals surface area contributed by atoms with Crippen molar-refractivity contribution in [1.29, 1.82) is 0 Å². The van der Waals surface area contributed by atoms with E-state index in [9.17, 15) is 4.79 Å². The molecule has 2 N–H and O–H groups in total. The van der Waals surface area contributed by atoms with Gasteiger partial charge >= 0.3 is 0 Å². The molecule has 132 valence electrons. The van der Waals surface area contributed by atoms with Crippen LogP contribution < -0.4 is 10.6 Å². The van der Waals surface area contributed by atoms with E-state index in [1.54, 1.807) is 0 Å². The quantitative estimate of drug-likeness (QED) is 0.830. The minimum atomic E-state index is 0.0220. The molecule has 0 saturated heterocycles. The Hall–Kier alpha value is -2.13. The predicted molar refractivity (Wildman–Crippen MR) is 104 cm³/mol. The first-order valence-electron chi connectivity index (χ1n) is 9.33. The average Bonchev–Trinajstić information content (AvgIpc) is 2.64. The minimum Gasteiger partial charge on any atom is -0.324 e. The Morgan fingerprint density at radius 1 is 1.00 bits per heavy atom. The van der Waals surface area contributed by atoms with Crippen LogP contribution in [-0.2, 0) is 4.79 Å². The monoisotopic (exact) mass is 336 g/mol. The summed E-state index contributed by atoms with van der Waals surface area (Å²) in [6.07, 6.45) is 3.72.